The lowest BCUT2D eigenvalue weighted by Crippen LogP contribution is -2.17. The Balaban J connectivity index is 1.91. The Kier molecular flexibility index (Phi) is 5.36. The van der Waals surface area contributed by atoms with Gasteiger partial charge in [-0.1, -0.05) is 24.3 Å². The predicted molar refractivity (Wildman–Crippen MR) is 104 cm³/mol. The number of rotatable bonds is 6. The molecule has 2 aromatic carbocycles. The van der Waals surface area contributed by atoms with Crippen molar-refractivity contribution in [2.75, 3.05) is 5.43 Å². The van der Waals surface area contributed by atoms with E-state index in [1.165, 1.54) is 23.0 Å². The highest BCUT2D eigenvalue weighted by Gasteiger charge is 2.24. The number of anilines is 1. The van der Waals surface area contributed by atoms with Crippen molar-refractivity contribution in [2.45, 2.75) is 24.0 Å². The zero-order valence-electron chi connectivity index (χ0n) is 14.9. The van der Waals surface area contributed by atoms with Crippen LogP contribution in [0.5, 0.6) is 0 Å². The van der Waals surface area contributed by atoms with Crippen LogP contribution in [0.3, 0.4) is 0 Å². The molecule has 3 aromatic rings. The van der Waals surface area contributed by atoms with Gasteiger partial charge in [-0.15, -0.1) is 0 Å². The Hall–Kier alpha value is -3.00. The van der Waals surface area contributed by atoms with Crippen molar-refractivity contribution in [2.24, 2.45) is 5.10 Å². The first kappa shape index (κ1) is 18.8. The van der Waals surface area contributed by atoms with Gasteiger partial charge in [0.05, 0.1) is 28.2 Å². The highest BCUT2D eigenvalue weighted by molar-refractivity contribution is 7.92. The van der Waals surface area contributed by atoms with Gasteiger partial charge in [0.1, 0.15) is 11.6 Å². The van der Waals surface area contributed by atoms with Crippen molar-refractivity contribution in [3.05, 3.63) is 72.2 Å². The molecule has 0 aliphatic heterocycles. The van der Waals surface area contributed by atoms with Crippen molar-refractivity contribution in [1.82, 2.24) is 9.78 Å². The molecule has 0 bridgehead atoms. The van der Waals surface area contributed by atoms with E-state index in [2.05, 4.69) is 15.6 Å². The first-order chi connectivity index (χ1) is 12.9. The van der Waals surface area contributed by atoms with Gasteiger partial charge in [0.2, 0.25) is 0 Å². The topological polar surface area (TPSA) is 76.3 Å². The van der Waals surface area contributed by atoms with Gasteiger partial charge >= 0.3 is 0 Å². The largest absolute Gasteiger partial charge is 0.261 e. The second-order valence-electron chi connectivity index (χ2n) is 6.11. The van der Waals surface area contributed by atoms with Crippen LogP contribution in [0.25, 0.3) is 5.69 Å². The Morgan fingerprint density at radius 2 is 1.81 bits per heavy atom. The van der Waals surface area contributed by atoms with Crippen molar-refractivity contribution in [3.63, 3.8) is 0 Å². The summed E-state index contributed by atoms with van der Waals surface area (Å²) in [6, 6.07) is 14.3. The first-order valence-electron chi connectivity index (χ1n) is 8.31. The van der Waals surface area contributed by atoms with E-state index >= 15 is 0 Å². The average Bonchev–Trinajstić information content (AvgIpc) is 3.11. The maximum absolute atomic E-state index is 12.9. The summed E-state index contributed by atoms with van der Waals surface area (Å²) in [5, 5.41) is 7.79. The van der Waals surface area contributed by atoms with E-state index in [-0.39, 0.29) is 10.7 Å². The van der Waals surface area contributed by atoms with Gasteiger partial charge in [-0.2, -0.15) is 10.2 Å². The van der Waals surface area contributed by atoms with Crippen LogP contribution in [0.15, 0.2) is 70.8 Å². The minimum atomic E-state index is -3.48. The van der Waals surface area contributed by atoms with Crippen LogP contribution in [-0.2, 0) is 9.84 Å². The van der Waals surface area contributed by atoms with E-state index in [9.17, 15) is 12.8 Å². The molecule has 8 heteroatoms. The number of para-hydroxylation sites is 1. The normalized spacial score (nSPS) is 12.0. The van der Waals surface area contributed by atoms with Crippen LogP contribution in [0.4, 0.5) is 10.2 Å². The molecule has 1 heterocycles. The van der Waals surface area contributed by atoms with Crippen molar-refractivity contribution < 1.29 is 12.8 Å². The Bertz CT molecular complexity index is 1060. The summed E-state index contributed by atoms with van der Waals surface area (Å²) in [6.07, 6.45) is 3.09. The lowest BCUT2D eigenvalue weighted by atomic mass is 10.2. The molecule has 0 saturated carbocycles. The Morgan fingerprint density at radius 3 is 2.52 bits per heavy atom. The lowest BCUT2D eigenvalue weighted by Gasteiger charge is -2.14. The van der Waals surface area contributed by atoms with Crippen LogP contribution in [0.2, 0.25) is 0 Å². The molecule has 1 aromatic heterocycles. The zero-order chi connectivity index (χ0) is 19.4. The third kappa shape index (κ3) is 4.06. The number of aromatic nitrogens is 2. The highest BCUT2D eigenvalue weighted by atomic mass is 32.2. The molecular weight excluding hydrogens is 367 g/mol. The molecule has 0 radical (unpaired) electrons. The number of nitrogens with zero attached hydrogens (tertiary/aromatic N) is 3. The molecule has 0 aliphatic rings. The smallest absolute Gasteiger partial charge is 0.182 e. The standard InChI is InChI=1S/C19H19FN4O2S/c1-14(2)27(25,26)18-6-4-3-5-17(18)24-19(11-12-22-24)23-21-13-15-7-9-16(20)10-8-15/h3-14,23H,1-2H3. The minimum Gasteiger partial charge on any atom is -0.261 e. The van der Waals surface area contributed by atoms with Crippen LogP contribution in [0, 0.1) is 5.82 Å². The molecule has 0 amide bonds. The summed E-state index contributed by atoms with van der Waals surface area (Å²) < 4.78 is 39.8. The Morgan fingerprint density at radius 1 is 1.11 bits per heavy atom. The summed E-state index contributed by atoms with van der Waals surface area (Å²) in [6.45, 7) is 3.28. The van der Waals surface area contributed by atoms with Crippen LogP contribution >= 0.6 is 0 Å². The quantitative estimate of drug-likeness (QED) is 0.518. The van der Waals surface area contributed by atoms with Crippen LogP contribution < -0.4 is 5.43 Å². The number of halogens is 1. The third-order valence-corrected chi connectivity index (χ3v) is 6.13. The fourth-order valence-corrected chi connectivity index (χ4v) is 3.65. The van der Waals surface area contributed by atoms with Crippen LogP contribution in [-0.4, -0.2) is 29.7 Å². The minimum absolute atomic E-state index is 0.203. The van der Waals surface area contributed by atoms with Crippen molar-refractivity contribution in [3.8, 4) is 5.69 Å². The zero-order valence-corrected chi connectivity index (χ0v) is 15.7. The number of hydrogen-bond donors (Lipinski definition) is 1. The van der Waals surface area contributed by atoms with E-state index in [4.69, 9.17) is 0 Å². The maximum Gasteiger partial charge on any atom is 0.182 e. The second kappa shape index (κ2) is 7.71. The number of hydrazone groups is 1. The highest BCUT2D eigenvalue weighted by Crippen LogP contribution is 2.25. The van der Waals surface area contributed by atoms with Crippen molar-refractivity contribution >= 4 is 21.9 Å². The number of nitrogens with one attached hydrogen (secondary N) is 1. The SMILES string of the molecule is CC(C)S(=O)(=O)c1ccccc1-n1nccc1NN=Cc1ccc(F)cc1. The monoisotopic (exact) mass is 386 g/mol. The molecule has 0 aliphatic carbocycles. The van der Waals surface area contributed by atoms with E-state index < -0.39 is 15.1 Å². The van der Waals surface area contributed by atoms with Crippen LogP contribution in [0.1, 0.15) is 19.4 Å². The van der Waals surface area contributed by atoms with E-state index in [1.54, 1.807) is 62.5 Å². The van der Waals surface area contributed by atoms with Gasteiger partial charge in [-0.3, -0.25) is 5.43 Å². The summed E-state index contributed by atoms with van der Waals surface area (Å²) in [5.74, 6) is 0.181. The van der Waals surface area contributed by atoms with E-state index in [0.717, 1.165) is 5.56 Å². The molecule has 0 saturated heterocycles. The number of benzene rings is 2. The molecule has 140 valence electrons. The molecule has 3 rings (SSSR count). The maximum atomic E-state index is 12.9. The lowest BCUT2D eigenvalue weighted by molar-refractivity contribution is 0.586. The van der Waals surface area contributed by atoms with Gasteiger partial charge in [-0.25, -0.2) is 17.5 Å². The first-order valence-corrected chi connectivity index (χ1v) is 9.86. The molecular formula is C19H19FN4O2S. The number of sulfone groups is 1. The second-order valence-corrected chi connectivity index (χ2v) is 8.58. The summed E-state index contributed by atoms with van der Waals surface area (Å²) in [7, 11) is -3.48. The molecule has 6 nitrogen and oxygen atoms in total. The van der Waals surface area contributed by atoms with Gasteiger partial charge in [0.15, 0.2) is 9.84 Å². The fourth-order valence-electron chi connectivity index (χ4n) is 2.43. The van der Waals surface area contributed by atoms with E-state index in [1.807, 2.05) is 0 Å². The third-order valence-electron chi connectivity index (χ3n) is 3.93. The summed E-state index contributed by atoms with van der Waals surface area (Å²) in [5.41, 5.74) is 4.00. The fraction of sp³-hybridized carbons (Fsp3) is 0.158. The summed E-state index contributed by atoms with van der Waals surface area (Å²) in [4.78, 5) is 0.203. The van der Waals surface area contributed by atoms with Gasteiger partial charge < -0.3 is 0 Å². The average molecular weight is 386 g/mol. The van der Waals surface area contributed by atoms with Gasteiger partial charge in [0, 0.05) is 6.07 Å². The van der Waals surface area contributed by atoms with Gasteiger partial charge in [-0.05, 0) is 43.7 Å². The molecule has 27 heavy (non-hydrogen) atoms. The molecule has 1 N–H and O–H groups in total. The molecule has 0 unspecified atom stereocenters. The molecule has 0 fully saturated rings. The van der Waals surface area contributed by atoms with Crippen molar-refractivity contribution in [1.29, 1.82) is 0 Å². The summed E-state index contributed by atoms with van der Waals surface area (Å²) >= 11 is 0. The molecule has 0 spiro atoms. The predicted octanol–water partition coefficient (Wildman–Crippen LogP) is 3.64. The number of hydrogen-bond acceptors (Lipinski definition) is 5. The molecule has 0 atom stereocenters. The van der Waals surface area contributed by atoms with E-state index in [0.29, 0.717) is 11.5 Å². The Labute approximate surface area is 157 Å². The van der Waals surface area contributed by atoms with Gasteiger partial charge in [0.25, 0.3) is 0 Å².